The van der Waals surface area contributed by atoms with Crippen LogP contribution in [-0.2, 0) is 10.0 Å². The van der Waals surface area contributed by atoms with Crippen molar-refractivity contribution in [1.29, 1.82) is 0 Å². The maximum atomic E-state index is 11.9. The number of aliphatic hydroxyl groups excluding tert-OH is 1. The van der Waals surface area contributed by atoms with Crippen molar-refractivity contribution in [3.63, 3.8) is 0 Å². The van der Waals surface area contributed by atoms with Crippen LogP contribution in [0, 0.1) is 18.8 Å². The molecule has 0 radical (unpaired) electrons. The highest BCUT2D eigenvalue weighted by Crippen LogP contribution is 2.30. The monoisotopic (exact) mass is 265 g/mol. The summed E-state index contributed by atoms with van der Waals surface area (Å²) in [7, 11) is -3.25. The second kappa shape index (κ2) is 5.01. The molecule has 1 aliphatic carbocycles. The summed E-state index contributed by atoms with van der Waals surface area (Å²) in [6.07, 6.45) is 1.47. The molecular weight excluding hydrogens is 250 g/mol. The fraction of sp³-hybridized carbons (Fsp3) is 0.385. The van der Waals surface area contributed by atoms with Crippen LogP contribution >= 0.6 is 0 Å². The molecule has 4 nitrogen and oxygen atoms in total. The maximum Gasteiger partial charge on any atom is 0.235 e. The first-order chi connectivity index (χ1) is 8.53. The van der Waals surface area contributed by atoms with Gasteiger partial charge in [-0.3, -0.25) is 4.72 Å². The molecule has 1 aliphatic rings. The normalized spacial score (nSPS) is 14.8. The number of aliphatic hydroxyl groups is 1. The van der Waals surface area contributed by atoms with Crippen molar-refractivity contribution in [2.75, 3.05) is 11.3 Å². The molecule has 1 aromatic rings. The first-order valence-corrected chi connectivity index (χ1v) is 7.29. The first kappa shape index (κ1) is 12.9. The van der Waals surface area contributed by atoms with Crippen LogP contribution in [0.1, 0.15) is 24.0 Å². The molecule has 0 bridgehead atoms. The van der Waals surface area contributed by atoms with E-state index in [0.29, 0.717) is 11.3 Å². The molecule has 0 aromatic heterocycles. The molecule has 1 saturated carbocycles. The molecule has 0 amide bonds. The van der Waals surface area contributed by atoms with E-state index in [9.17, 15) is 8.42 Å². The Balaban J connectivity index is 2.26. The molecule has 2 rings (SSSR count). The molecular formula is C13H15NO3S. The third-order valence-electron chi connectivity index (χ3n) is 2.76. The topological polar surface area (TPSA) is 66.4 Å². The van der Waals surface area contributed by atoms with Gasteiger partial charge in [0.25, 0.3) is 0 Å². The molecule has 0 aliphatic heterocycles. The molecule has 1 aromatic carbocycles. The van der Waals surface area contributed by atoms with Crippen LogP contribution in [0.25, 0.3) is 0 Å². The third-order valence-corrected chi connectivity index (χ3v) is 4.62. The summed E-state index contributed by atoms with van der Waals surface area (Å²) in [5, 5.41) is 8.39. The van der Waals surface area contributed by atoms with Crippen LogP contribution in [0.4, 0.5) is 5.69 Å². The molecule has 18 heavy (non-hydrogen) atoms. The van der Waals surface area contributed by atoms with Gasteiger partial charge in [-0.05, 0) is 37.5 Å². The minimum atomic E-state index is -3.25. The van der Waals surface area contributed by atoms with Gasteiger partial charge in [0.2, 0.25) is 10.0 Å². The van der Waals surface area contributed by atoms with Crippen LogP contribution in [0.5, 0.6) is 0 Å². The Morgan fingerprint density at radius 3 is 2.78 bits per heavy atom. The molecule has 0 heterocycles. The van der Waals surface area contributed by atoms with Crippen molar-refractivity contribution in [3.05, 3.63) is 29.3 Å². The van der Waals surface area contributed by atoms with Crippen molar-refractivity contribution in [1.82, 2.24) is 0 Å². The van der Waals surface area contributed by atoms with E-state index in [1.165, 1.54) is 0 Å². The smallest absolute Gasteiger partial charge is 0.235 e. The molecule has 0 unspecified atom stereocenters. The number of nitrogens with one attached hydrogen (secondary N) is 1. The summed E-state index contributed by atoms with van der Waals surface area (Å²) in [4.78, 5) is 0. The van der Waals surface area contributed by atoms with Gasteiger partial charge in [-0.1, -0.05) is 17.9 Å². The van der Waals surface area contributed by atoms with Crippen molar-refractivity contribution in [2.45, 2.75) is 25.0 Å². The molecule has 0 spiro atoms. The molecule has 2 N–H and O–H groups in total. The highest BCUT2D eigenvalue weighted by atomic mass is 32.2. The Morgan fingerprint density at radius 2 is 2.17 bits per heavy atom. The zero-order valence-electron chi connectivity index (χ0n) is 10.1. The lowest BCUT2D eigenvalue weighted by Gasteiger charge is -2.10. The van der Waals surface area contributed by atoms with E-state index in [-0.39, 0.29) is 11.9 Å². The number of aryl methyl sites for hydroxylation is 1. The van der Waals surface area contributed by atoms with E-state index in [4.69, 9.17) is 5.11 Å². The summed E-state index contributed by atoms with van der Waals surface area (Å²) < 4.78 is 26.3. The average molecular weight is 265 g/mol. The summed E-state index contributed by atoms with van der Waals surface area (Å²) in [5.74, 6) is 5.30. The minimum absolute atomic E-state index is 0.211. The molecule has 0 atom stereocenters. The highest BCUT2D eigenvalue weighted by Gasteiger charge is 2.35. The predicted molar refractivity (Wildman–Crippen MR) is 70.7 cm³/mol. The number of rotatable bonds is 3. The first-order valence-electron chi connectivity index (χ1n) is 5.75. The van der Waals surface area contributed by atoms with E-state index in [0.717, 1.165) is 18.4 Å². The van der Waals surface area contributed by atoms with Gasteiger partial charge in [0.05, 0.1) is 10.9 Å². The van der Waals surface area contributed by atoms with Crippen LogP contribution in [-0.4, -0.2) is 25.4 Å². The number of benzene rings is 1. The van der Waals surface area contributed by atoms with Crippen LogP contribution in [0.15, 0.2) is 18.2 Å². The Kier molecular flexibility index (Phi) is 3.60. The van der Waals surface area contributed by atoms with Gasteiger partial charge >= 0.3 is 0 Å². The van der Waals surface area contributed by atoms with Crippen molar-refractivity contribution < 1.29 is 13.5 Å². The Bertz CT molecular complexity index is 607. The number of sulfonamides is 1. The zero-order valence-corrected chi connectivity index (χ0v) is 10.9. The van der Waals surface area contributed by atoms with Crippen LogP contribution in [0.2, 0.25) is 0 Å². The van der Waals surface area contributed by atoms with Gasteiger partial charge in [-0.2, -0.15) is 0 Å². The lowest BCUT2D eigenvalue weighted by molar-refractivity contribution is 0.350. The predicted octanol–water partition coefficient (Wildman–Crippen LogP) is 1.24. The highest BCUT2D eigenvalue weighted by molar-refractivity contribution is 7.93. The lowest BCUT2D eigenvalue weighted by atomic mass is 10.1. The Morgan fingerprint density at radius 1 is 1.44 bits per heavy atom. The Hall–Kier alpha value is -1.51. The summed E-state index contributed by atoms with van der Waals surface area (Å²) >= 11 is 0. The summed E-state index contributed by atoms with van der Waals surface area (Å²) in [5.41, 5.74) is 2.10. The fourth-order valence-electron chi connectivity index (χ4n) is 1.57. The van der Waals surface area contributed by atoms with Gasteiger partial charge in [0.1, 0.15) is 6.61 Å². The van der Waals surface area contributed by atoms with Gasteiger partial charge in [-0.25, -0.2) is 8.42 Å². The summed E-state index contributed by atoms with van der Waals surface area (Å²) in [6.45, 7) is 1.63. The average Bonchev–Trinajstić information content (AvgIpc) is 3.14. The number of anilines is 1. The van der Waals surface area contributed by atoms with Gasteiger partial charge in [0, 0.05) is 5.56 Å². The molecule has 96 valence electrons. The van der Waals surface area contributed by atoms with E-state index in [1.54, 1.807) is 12.1 Å². The summed E-state index contributed by atoms with van der Waals surface area (Å²) in [6, 6.07) is 5.30. The Labute approximate surface area is 107 Å². The third kappa shape index (κ3) is 3.03. The molecule has 1 fully saturated rings. The lowest BCUT2D eigenvalue weighted by Crippen LogP contribution is -2.18. The molecule has 0 saturated heterocycles. The SMILES string of the molecule is Cc1ccc(C#CCO)cc1NS(=O)(=O)C1CC1. The van der Waals surface area contributed by atoms with E-state index >= 15 is 0 Å². The number of hydrogen-bond acceptors (Lipinski definition) is 3. The van der Waals surface area contributed by atoms with Crippen molar-refractivity contribution >= 4 is 15.7 Å². The largest absolute Gasteiger partial charge is 0.384 e. The van der Waals surface area contributed by atoms with E-state index in [1.807, 2.05) is 13.0 Å². The quantitative estimate of drug-likeness (QED) is 0.808. The number of hydrogen-bond donors (Lipinski definition) is 2. The van der Waals surface area contributed by atoms with E-state index < -0.39 is 10.0 Å². The van der Waals surface area contributed by atoms with Crippen LogP contribution in [0.3, 0.4) is 0 Å². The maximum absolute atomic E-state index is 11.9. The minimum Gasteiger partial charge on any atom is -0.384 e. The van der Waals surface area contributed by atoms with Crippen LogP contribution < -0.4 is 4.72 Å². The standard InChI is InChI=1S/C13H15NO3S/c1-10-4-5-11(3-2-8-15)9-13(10)14-18(16,17)12-6-7-12/h4-5,9,12,14-15H,6-8H2,1H3. The second-order valence-electron chi connectivity index (χ2n) is 4.34. The van der Waals surface area contributed by atoms with Crippen molar-refractivity contribution in [3.8, 4) is 11.8 Å². The van der Waals surface area contributed by atoms with Crippen molar-refractivity contribution in [2.24, 2.45) is 0 Å². The van der Waals surface area contributed by atoms with Gasteiger partial charge < -0.3 is 5.11 Å². The second-order valence-corrected chi connectivity index (χ2v) is 6.30. The van der Waals surface area contributed by atoms with Gasteiger partial charge in [0.15, 0.2) is 0 Å². The zero-order chi connectivity index (χ0) is 13.2. The molecule has 5 heteroatoms. The fourth-order valence-corrected chi connectivity index (χ4v) is 3.02. The van der Waals surface area contributed by atoms with Gasteiger partial charge in [-0.15, -0.1) is 0 Å². The van der Waals surface area contributed by atoms with E-state index in [2.05, 4.69) is 16.6 Å².